The fraction of sp³-hybridized carbons (Fsp3) is 0.278. The van der Waals surface area contributed by atoms with Gasteiger partial charge in [0.1, 0.15) is 12.1 Å². The number of halogens is 1. The fourth-order valence-corrected chi connectivity index (χ4v) is 3.94. The van der Waals surface area contributed by atoms with Crippen molar-refractivity contribution in [3.05, 3.63) is 64.7 Å². The van der Waals surface area contributed by atoms with Gasteiger partial charge in [-0.2, -0.15) is 5.10 Å². The first-order valence-electron chi connectivity index (χ1n) is 8.64. The summed E-state index contributed by atoms with van der Waals surface area (Å²) in [5.74, 6) is 1.14. The molecule has 3 aromatic rings. The molecule has 0 radical (unpaired) electrons. The maximum atomic E-state index is 12.2. The van der Waals surface area contributed by atoms with Gasteiger partial charge in [-0.25, -0.2) is 27.8 Å². The minimum absolute atomic E-state index is 0.0975. The third-order valence-electron chi connectivity index (χ3n) is 3.90. The molecule has 148 valence electrons. The molecule has 0 aliphatic heterocycles. The molecule has 0 spiro atoms. The van der Waals surface area contributed by atoms with E-state index in [1.807, 2.05) is 19.9 Å². The highest BCUT2D eigenvalue weighted by atomic mass is 35.5. The van der Waals surface area contributed by atoms with Crippen LogP contribution in [0.5, 0.6) is 0 Å². The highest BCUT2D eigenvalue weighted by Crippen LogP contribution is 2.13. The summed E-state index contributed by atoms with van der Waals surface area (Å²) in [6, 6.07) is 10.5. The lowest BCUT2D eigenvalue weighted by Gasteiger charge is -2.09. The highest BCUT2D eigenvalue weighted by Gasteiger charge is 2.11. The van der Waals surface area contributed by atoms with E-state index in [-0.39, 0.29) is 12.3 Å². The Labute approximate surface area is 169 Å². The van der Waals surface area contributed by atoms with E-state index in [2.05, 4.69) is 25.1 Å². The van der Waals surface area contributed by atoms with Crippen molar-refractivity contribution in [2.24, 2.45) is 0 Å². The molecule has 8 nitrogen and oxygen atoms in total. The van der Waals surface area contributed by atoms with E-state index in [0.717, 1.165) is 11.4 Å². The Morgan fingerprint density at radius 3 is 2.50 bits per heavy atom. The fourth-order valence-electron chi connectivity index (χ4n) is 2.67. The van der Waals surface area contributed by atoms with Crippen LogP contribution in [-0.2, 0) is 15.8 Å². The Kier molecular flexibility index (Phi) is 6.28. The number of rotatable bonds is 8. The molecule has 2 N–H and O–H groups in total. The number of benzene rings is 1. The van der Waals surface area contributed by atoms with Gasteiger partial charge in [-0.3, -0.25) is 0 Å². The van der Waals surface area contributed by atoms with Crippen molar-refractivity contribution in [2.45, 2.75) is 19.6 Å². The quantitative estimate of drug-likeness (QED) is 0.543. The molecule has 28 heavy (non-hydrogen) atoms. The van der Waals surface area contributed by atoms with E-state index in [4.69, 9.17) is 11.6 Å². The van der Waals surface area contributed by atoms with Crippen LogP contribution in [0.3, 0.4) is 0 Å². The van der Waals surface area contributed by atoms with Crippen molar-refractivity contribution >= 4 is 27.4 Å². The first-order chi connectivity index (χ1) is 13.3. The normalized spacial score (nSPS) is 11.5. The number of anilines is 1. The Hall–Kier alpha value is -2.49. The van der Waals surface area contributed by atoms with Crippen LogP contribution in [0.25, 0.3) is 5.82 Å². The van der Waals surface area contributed by atoms with Crippen LogP contribution in [0, 0.1) is 13.8 Å². The maximum Gasteiger partial charge on any atom is 0.215 e. The molecule has 0 bridgehead atoms. The van der Waals surface area contributed by atoms with Gasteiger partial charge >= 0.3 is 0 Å². The van der Waals surface area contributed by atoms with Crippen molar-refractivity contribution in [1.29, 1.82) is 0 Å². The van der Waals surface area contributed by atoms with Gasteiger partial charge in [-0.1, -0.05) is 23.7 Å². The summed E-state index contributed by atoms with van der Waals surface area (Å²) in [6.07, 6.45) is 1.44. The van der Waals surface area contributed by atoms with Crippen LogP contribution in [0.2, 0.25) is 5.02 Å². The molecular formula is C18H21ClN6O2S. The van der Waals surface area contributed by atoms with Gasteiger partial charge in [0, 0.05) is 29.9 Å². The predicted octanol–water partition coefficient (Wildman–Crippen LogP) is 2.46. The summed E-state index contributed by atoms with van der Waals surface area (Å²) in [6.45, 7) is 4.48. The minimum Gasteiger partial charge on any atom is -0.369 e. The monoisotopic (exact) mass is 420 g/mol. The topological polar surface area (TPSA) is 102 Å². The Balaban J connectivity index is 1.53. The van der Waals surface area contributed by atoms with Crippen LogP contribution in [0.1, 0.15) is 17.0 Å². The molecule has 2 aromatic heterocycles. The van der Waals surface area contributed by atoms with Crippen LogP contribution in [0.4, 0.5) is 5.82 Å². The molecular weight excluding hydrogens is 400 g/mol. The summed E-state index contributed by atoms with van der Waals surface area (Å²) in [5.41, 5.74) is 2.55. The van der Waals surface area contributed by atoms with Gasteiger partial charge in [-0.05, 0) is 37.6 Å². The van der Waals surface area contributed by atoms with Gasteiger partial charge < -0.3 is 5.32 Å². The molecule has 0 saturated heterocycles. The third kappa shape index (κ3) is 5.51. The van der Waals surface area contributed by atoms with Crippen molar-refractivity contribution in [2.75, 3.05) is 18.4 Å². The zero-order valence-corrected chi connectivity index (χ0v) is 17.1. The molecule has 0 unspecified atom stereocenters. The smallest absolute Gasteiger partial charge is 0.215 e. The molecule has 2 heterocycles. The van der Waals surface area contributed by atoms with E-state index in [0.29, 0.717) is 28.8 Å². The van der Waals surface area contributed by atoms with Gasteiger partial charge in [0.25, 0.3) is 0 Å². The summed E-state index contributed by atoms with van der Waals surface area (Å²) < 4.78 is 28.6. The number of aromatic nitrogens is 4. The van der Waals surface area contributed by atoms with Gasteiger partial charge in [0.2, 0.25) is 10.0 Å². The summed E-state index contributed by atoms with van der Waals surface area (Å²) >= 11 is 5.81. The second-order valence-electron chi connectivity index (χ2n) is 6.31. The van der Waals surface area contributed by atoms with Crippen LogP contribution < -0.4 is 10.0 Å². The van der Waals surface area contributed by atoms with E-state index >= 15 is 0 Å². The first-order valence-corrected chi connectivity index (χ1v) is 10.7. The number of nitrogens with one attached hydrogen (secondary N) is 2. The third-order valence-corrected chi connectivity index (χ3v) is 5.51. The zero-order valence-electron chi connectivity index (χ0n) is 15.6. The standard InChI is InChI=1S/C18H21ClN6O2S/c1-13-9-14(2)25(24-13)18-10-17(21-12-22-18)20-7-8-23-28(26,27)11-15-3-5-16(19)6-4-15/h3-6,9-10,12,23H,7-8,11H2,1-2H3,(H,20,21,22). The molecule has 10 heteroatoms. The van der Waals surface area contributed by atoms with Crippen molar-refractivity contribution in [3.8, 4) is 5.82 Å². The Morgan fingerprint density at radius 2 is 1.82 bits per heavy atom. The van der Waals surface area contributed by atoms with Crippen LogP contribution in [0.15, 0.2) is 42.7 Å². The SMILES string of the molecule is Cc1cc(C)n(-c2cc(NCCNS(=O)(=O)Cc3ccc(Cl)cc3)ncn2)n1. The van der Waals surface area contributed by atoms with E-state index in [9.17, 15) is 8.42 Å². The Bertz CT molecular complexity index is 1050. The predicted molar refractivity (Wildman–Crippen MR) is 109 cm³/mol. The van der Waals surface area contributed by atoms with E-state index in [1.54, 1.807) is 35.0 Å². The second kappa shape index (κ2) is 8.68. The van der Waals surface area contributed by atoms with Crippen molar-refractivity contribution in [3.63, 3.8) is 0 Å². The summed E-state index contributed by atoms with van der Waals surface area (Å²) in [5, 5.41) is 8.05. The molecule has 0 aliphatic carbocycles. The average Bonchev–Trinajstić information content (AvgIpc) is 2.99. The van der Waals surface area contributed by atoms with Crippen LogP contribution >= 0.6 is 11.6 Å². The lowest BCUT2D eigenvalue weighted by Crippen LogP contribution is -2.30. The number of hydrogen-bond acceptors (Lipinski definition) is 6. The van der Waals surface area contributed by atoms with Crippen LogP contribution in [-0.4, -0.2) is 41.3 Å². The molecule has 0 fully saturated rings. The largest absolute Gasteiger partial charge is 0.369 e. The van der Waals surface area contributed by atoms with Crippen molar-refractivity contribution in [1.82, 2.24) is 24.5 Å². The summed E-state index contributed by atoms with van der Waals surface area (Å²) in [7, 11) is -3.44. The lowest BCUT2D eigenvalue weighted by molar-refractivity contribution is 0.582. The number of nitrogens with zero attached hydrogens (tertiary/aromatic N) is 4. The minimum atomic E-state index is -3.44. The molecule has 0 atom stereocenters. The number of aryl methyl sites for hydroxylation is 2. The average molecular weight is 421 g/mol. The van der Waals surface area contributed by atoms with E-state index < -0.39 is 10.0 Å². The van der Waals surface area contributed by atoms with Gasteiger partial charge in [0.15, 0.2) is 5.82 Å². The summed E-state index contributed by atoms with van der Waals surface area (Å²) in [4.78, 5) is 8.39. The molecule has 1 aromatic carbocycles. The highest BCUT2D eigenvalue weighted by molar-refractivity contribution is 7.88. The zero-order chi connectivity index (χ0) is 20.1. The first kappa shape index (κ1) is 20.2. The lowest BCUT2D eigenvalue weighted by atomic mass is 10.2. The molecule has 0 saturated carbocycles. The molecule has 0 amide bonds. The second-order valence-corrected chi connectivity index (χ2v) is 8.55. The van der Waals surface area contributed by atoms with Gasteiger partial charge in [0.05, 0.1) is 11.4 Å². The molecule has 3 rings (SSSR count). The van der Waals surface area contributed by atoms with Gasteiger partial charge in [-0.15, -0.1) is 0 Å². The van der Waals surface area contributed by atoms with Crippen molar-refractivity contribution < 1.29 is 8.42 Å². The Morgan fingerprint density at radius 1 is 1.07 bits per heavy atom. The molecule has 0 aliphatic rings. The number of sulfonamides is 1. The van der Waals surface area contributed by atoms with E-state index in [1.165, 1.54) is 6.33 Å². The number of hydrogen-bond donors (Lipinski definition) is 2. The maximum absolute atomic E-state index is 12.2.